The Morgan fingerprint density at radius 1 is 1.35 bits per heavy atom. The number of nitrogens with zero attached hydrogens (tertiary/aromatic N) is 2. The van der Waals surface area contributed by atoms with Crippen LogP contribution in [0.25, 0.3) is 0 Å². The average Bonchev–Trinajstić information content (AvgIpc) is 3.17. The number of anilines is 1. The molecule has 3 fully saturated rings. The number of nitrogens with one attached hydrogen (secondary N) is 2. The van der Waals surface area contributed by atoms with Crippen molar-refractivity contribution in [3.05, 3.63) is 41.2 Å². The van der Waals surface area contributed by atoms with Crippen LogP contribution in [0.2, 0.25) is 5.02 Å². The summed E-state index contributed by atoms with van der Waals surface area (Å²) in [7, 11) is 0. The van der Waals surface area contributed by atoms with Crippen molar-refractivity contribution in [2.75, 3.05) is 18.5 Å². The number of benzene rings is 1. The largest absolute Gasteiger partial charge is 0.522 e. The standard InChI is InChI=1S/C22H24ClF3N4O4/c23-13-2-3-17-15(6-13)16(31)7-18(34-17)19(32)29-20-10-21(11-20,12-20)30-9-14(8-28-30)27-4-1-5-33-22(24,25)26/h2-3,6,8-9,16,18,27,31H,1,4-5,7,10-12H2,(H,29,32)/t16-,18-,20?,21?/m1/s1. The molecule has 184 valence electrons. The molecule has 0 saturated heterocycles. The maximum atomic E-state index is 12.8. The second-order valence-corrected chi connectivity index (χ2v) is 9.75. The normalized spacial score (nSPS) is 29.3. The number of ether oxygens (including phenoxy) is 2. The first-order chi connectivity index (χ1) is 16.1. The second-order valence-electron chi connectivity index (χ2n) is 9.31. The van der Waals surface area contributed by atoms with Gasteiger partial charge in [0.05, 0.1) is 30.1 Å². The van der Waals surface area contributed by atoms with Crippen molar-refractivity contribution < 1.29 is 32.5 Å². The van der Waals surface area contributed by atoms with Crippen LogP contribution >= 0.6 is 11.6 Å². The highest BCUT2D eigenvalue weighted by molar-refractivity contribution is 6.30. The van der Waals surface area contributed by atoms with Crippen molar-refractivity contribution in [1.82, 2.24) is 15.1 Å². The summed E-state index contributed by atoms with van der Waals surface area (Å²) in [5.74, 6) is 0.204. The highest BCUT2D eigenvalue weighted by atomic mass is 35.5. The van der Waals surface area contributed by atoms with Gasteiger partial charge in [-0.1, -0.05) is 11.6 Å². The van der Waals surface area contributed by atoms with Gasteiger partial charge in [-0.2, -0.15) is 5.10 Å². The lowest BCUT2D eigenvalue weighted by atomic mass is 9.44. The SMILES string of the molecule is O=C(NC12CC(n3cc(NCCCOC(F)(F)F)cn3)(C1)C2)[C@H]1C[C@@H](O)c2cc(Cl)ccc2O1. The number of carbonyl (C=O) groups is 1. The van der Waals surface area contributed by atoms with Gasteiger partial charge in [0.2, 0.25) is 0 Å². The van der Waals surface area contributed by atoms with E-state index in [1.165, 1.54) is 0 Å². The Labute approximate surface area is 198 Å². The lowest BCUT2D eigenvalue weighted by molar-refractivity contribution is -0.324. The first-order valence-corrected chi connectivity index (χ1v) is 11.4. The Hall–Kier alpha value is -2.50. The Morgan fingerprint density at radius 2 is 2.12 bits per heavy atom. The minimum atomic E-state index is -4.61. The van der Waals surface area contributed by atoms with Crippen LogP contribution < -0.4 is 15.4 Å². The van der Waals surface area contributed by atoms with Crippen molar-refractivity contribution in [3.8, 4) is 5.75 Å². The number of hydrogen-bond donors (Lipinski definition) is 3. The molecule has 3 N–H and O–H groups in total. The van der Waals surface area contributed by atoms with Crippen LogP contribution in [0.5, 0.6) is 5.75 Å². The number of halogens is 4. The fourth-order valence-electron chi connectivity index (χ4n) is 5.20. The van der Waals surface area contributed by atoms with Gasteiger partial charge in [-0.25, -0.2) is 0 Å². The minimum absolute atomic E-state index is 0.155. The van der Waals surface area contributed by atoms with Gasteiger partial charge in [-0.3, -0.25) is 14.2 Å². The van der Waals surface area contributed by atoms with Gasteiger partial charge in [0.1, 0.15) is 5.75 Å². The van der Waals surface area contributed by atoms with Gasteiger partial charge in [0, 0.05) is 35.3 Å². The molecule has 6 rings (SSSR count). The molecule has 1 aromatic heterocycles. The first-order valence-electron chi connectivity index (χ1n) is 11.0. The molecule has 34 heavy (non-hydrogen) atoms. The topological polar surface area (TPSA) is 97.6 Å². The summed E-state index contributed by atoms with van der Waals surface area (Å²) in [6.45, 7) is -0.0742. The molecule has 0 radical (unpaired) electrons. The van der Waals surface area contributed by atoms with Crippen molar-refractivity contribution in [2.24, 2.45) is 0 Å². The molecule has 1 aromatic carbocycles. The summed E-state index contributed by atoms with van der Waals surface area (Å²) in [6.07, 6.45) is -0.196. The number of carbonyl (C=O) groups excluding carboxylic acids is 1. The molecule has 0 unspecified atom stereocenters. The molecule has 1 aliphatic heterocycles. The van der Waals surface area contributed by atoms with Crippen molar-refractivity contribution in [1.29, 1.82) is 0 Å². The number of amides is 1. The summed E-state index contributed by atoms with van der Waals surface area (Å²) >= 11 is 5.98. The quantitative estimate of drug-likeness (QED) is 0.480. The summed E-state index contributed by atoms with van der Waals surface area (Å²) in [6, 6.07) is 4.95. The molecule has 12 heteroatoms. The summed E-state index contributed by atoms with van der Waals surface area (Å²) in [4.78, 5) is 12.8. The van der Waals surface area contributed by atoms with Crippen LogP contribution in [0.15, 0.2) is 30.6 Å². The molecule has 2 aromatic rings. The third-order valence-electron chi connectivity index (χ3n) is 6.71. The Kier molecular flexibility index (Phi) is 5.69. The number of aliphatic hydroxyl groups excluding tert-OH is 1. The van der Waals surface area contributed by atoms with Gasteiger partial charge in [0.15, 0.2) is 6.10 Å². The van der Waals surface area contributed by atoms with E-state index in [0.29, 0.717) is 22.9 Å². The molecule has 2 heterocycles. The summed E-state index contributed by atoms with van der Waals surface area (Å²) in [5.41, 5.74) is 0.832. The predicted octanol–water partition coefficient (Wildman–Crippen LogP) is 3.51. The minimum Gasteiger partial charge on any atom is -0.480 e. The number of fused-ring (bicyclic) bond motifs is 1. The number of aromatic nitrogens is 2. The predicted molar refractivity (Wildman–Crippen MR) is 115 cm³/mol. The fraction of sp³-hybridized carbons (Fsp3) is 0.545. The molecule has 4 aliphatic rings. The zero-order valence-corrected chi connectivity index (χ0v) is 18.8. The molecule has 2 bridgehead atoms. The van der Waals surface area contributed by atoms with E-state index in [1.807, 2.05) is 10.9 Å². The van der Waals surface area contributed by atoms with Crippen LogP contribution in [-0.4, -0.2) is 52.0 Å². The molecule has 2 atom stereocenters. The number of rotatable bonds is 8. The van der Waals surface area contributed by atoms with Crippen LogP contribution in [0, 0.1) is 0 Å². The third-order valence-corrected chi connectivity index (χ3v) is 6.94. The van der Waals surface area contributed by atoms with E-state index in [1.54, 1.807) is 24.4 Å². The molecule has 3 saturated carbocycles. The zero-order chi connectivity index (χ0) is 24.1. The number of aliphatic hydroxyl groups is 1. The third kappa shape index (κ3) is 4.44. The average molecular weight is 501 g/mol. The Morgan fingerprint density at radius 3 is 2.85 bits per heavy atom. The lowest BCUT2D eigenvalue weighted by Crippen LogP contribution is -2.79. The maximum Gasteiger partial charge on any atom is 0.522 e. The number of hydrogen-bond acceptors (Lipinski definition) is 6. The summed E-state index contributed by atoms with van der Waals surface area (Å²) in [5, 5.41) is 21.4. The highest BCUT2D eigenvalue weighted by Crippen LogP contribution is 2.65. The second kappa shape index (κ2) is 8.31. The van der Waals surface area contributed by atoms with E-state index >= 15 is 0 Å². The maximum absolute atomic E-state index is 12.8. The van der Waals surface area contributed by atoms with E-state index in [-0.39, 0.29) is 29.8 Å². The van der Waals surface area contributed by atoms with E-state index in [2.05, 4.69) is 20.5 Å². The van der Waals surface area contributed by atoms with Gasteiger partial charge in [0.25, 0.3) is 5.91 Å². The fourth-order valence-corrected chi connectivity index (χ4v) is 5.38. The van der Waals surface area contributed by atoms with Crippen LogP contribution in [0.4, 0.5) is 18.9 Å². The van der Waals surface area contributed by atoms with Gasteiger partial charge in [-0.15, -0.1) is 13.2 Å². The molecule has 3 aliphatic carbocycles. The molecular formula is C22H24ClF3N4O4. The van der Waals surface area contributed by atoms with Crippen molar-refractivity contribution in [3.63, 3.8) is 0 Å². The Balaban J connectivity index is 1.10. The zero-order valence-electron chi connectivity index (χ0n) is 18.1. The summed E-state index contributed by atoms with van der Waals surface area (Å²) < 4.78 is 47.4. The Bertz CT molecular complexity index is 1070. The van der Waals surface area contributed by atoms with Crippen molar-refractivity contribution in [2.45, 2.75) is 61.8 Å². The first kappa shape index (κ1) is 23.3. The van der Waals surface area contributed by atoms with Gasteiger partial charge < -0.3 is 20.5 Å². The monoisotopic (exact) mass is 500 g/mol. The lowest BCUT2D eigenvalue weighted by Gasteiger charge is -2.70. The van der Waals surface area contributed by atoms with E-state index < -0.39 is 25.2 Å². The van der Waals surface area contributed by atoms with Crippen LogP contribution in [0.1, 0.15) is 43.8 Å². The van der Waals surface area contributed by atoms with Gasteiger partial charge >= 0.3 is 6.36 Å². The smallest absolute Gasteiger partial charge is 0.480 e. The van der Waals surface area contributed by atoms with E-state index in [4.69, 9.17) is 16.3 Å². The number of alkyl halides is 3. The van der Waals surface area contributed by atoms with E-state index in [0.717, 1.165) is 24.9 Å². The highest BCUT2D eigenvalue weighted by Gasteiger charge is 2.70. The van der Waals surface area contributed by atoms with Crippen LogP contribution in [0.3, 0.4) is 0 Å². The van der Waals surface area contributed by atoms with Gasteiger partial charge in [-0.05, 0) is 43.9 Å². The molecule has 0 spiro atoms. The molecule has 1 amide bonds. The molecular weight excluding hydrogens is 477 g/mol. The molecule has 8 nitrogen and oxygen atoms in total. The van der Waals surface area contributed by atoms with Crippen LogP contribution in [-0.2, 0) is 15.1 Å². The van der Waals surface area contributed by atoms with Crippen molar-refractivity contribution >= 4 is 23.2 Å². The van der Waals surface area contributed by atoms with E-state index in [9.17, 15) is 23.1 Å².